The Labute approximate surface area is 103 Å². The van der Waals surface area contributed by atoms with E-state index in [1.807, 2.05) is 0 Å². The number of fused-ring (bicyclic) bond motifs is 1. The monoisotopic (exact) mass is 248 g/mol. The molecule has 0 aliphatic carbocycles. The fourth-order valence-corrected chi connectivity index (χ4v) is 1.90. The van der Waals surface area contributed by atoms with Gasteiger partial charge in [-0.3, -0.25) is 9.59 Å². The minimum atomic E-state index is -1.06. The molecule has 0 unspecified atom stereocenters. The lowest BCUT2D eigenvalue weighted by Crippen LogP contribution is -2.46. The molecule has 2 amide bonds. The Morgan fingerprint density at radius 2 is 2.17 bits per heavy atom. The topological polar surface area (TPSA) is 95.5 Å². The highest BCUT2D eigenvalue weighted by atomic mass is 16.4. The van der Waals surface area contributed by atoms with Gasteiger partial charge in [-0.05, 0) is 17.7 Å². The van der Waals surface area contributed by atoms with Gasteiger partial charge < -0.3 is 15.7 Å². The maximum Gasteiger partial charge on any atom is 0.326 e. The molecule has 1 atom stereocenters. The van der Waals surface area contributed by atoms with Crippen LogP contribution in [0.15, 0.2) is 18.2 Å². The highest BCUT2D eigenvalue weighted by Crippen LogP contribution is 2.21. The molecule has 1 aliphatic heterocycles. The summed E-state index contributed by atoms with van der Waals surface area (Å²) < 4.78 is 0. The molecule has 0 bridgehead atoms. The predicted molar refractivity (Wildman–Crippen MR) is 63.3 cm³/mol. The molecule has 3 N–H and O–H groups in total. The van der Waals surface area contributed by atoms with Gasteiger partial charge in [-0.1, -0.05) is 6.07 Å². The minimum Gasteiger partial charge on any atom is -0.480 e. The Hall–Kier alpha value is -2.37. The molecule has 6 nitrogen and oxygen atoms in total. The van der Waals surface area contributed by atoms with Crippen LogP contribution in [0.3, 0.4) is 0 Å². The molecule has 1 aromatic rings. The molecular formula is C12H12N2O4. The molecule has 0 aromatic heterocycles. The van der Waals surface area contributed by atoms with E-state index in [-0.39, 0.29) is 12.3 Å². The smallest absolute Gasteiger partial charge is 0.326 e. The van der Waals surface area contributed by atoms with Gasteiger partial charge in [0.15, 0.2) is 0 Å². The molecule has 6 heteroatoms. The van der Waals surface area contributed by atoms with Crippen LogP contribution in [0.4, 0.5) is 5.69 Å². The van der Waals surface area contributed by atoms with Crippen molar-refractivity contribution in [3.63, 3.8) is 0 Å². The van der Waals surface area contributed by atoms with Crippen LogP contribution in [0, 0.1) is 0 Å². The van der Waals surface area contributed by atoms with Gasteiger partial charge in [-0.2, -0.15) is 0 Å². The Kier molecular flexibility index (Phi) is 3.01. The Morgan fingerprint density at radius 1 is 1.44 bits per heavy atom. The number of nitrogens with one attached hydrogen (secondary N) is 2. The summed E-state index contributed by atoms with van der Waals surface area (Å²) in [5.74, 6) is -1.72. The fourth-order valence-electron chi connectivity index (χ4n) is 1.90. The van der Waals surface area contributed by atoms with E-state index in [4.69, 9.17) is 5.11 Å². The van der Waals surface area contributed by atoms with Crippen molar-refractivity contribution in [2.75, 3.05) is 5.32 Å². The number of carbonyl (C=O) groups excluding carboxylic acids is 2. The third kappa shape index (κ3) is 2.32. The SMILES string of the molecule is CC(=O)Nc1ccc2c(c1)C(=O)N[C@H](C(=O)O)C2. The third-order valence-corrected chi connectivity index (χ3v) is 2.70. The van der Waals surface area contributed by atoms with E-state index in [2.05, 4.69) is 10.6 Å². The molecule has 1 aromatic carbocycles. The van der Waals surface area contributed by atoms with E-state index < -0.39 is 17.9 Å². The van der Waals surface area contributed by atoms with Gasteiger partial charge in [-0.15, -0.1) is 0 Å². The van der Waals surface area contributed by atoms with Crippen molar-refractivity contribution in [2.24, 2.45) is 0 Å². The Morgan fingerprint density at radius 3 is 2.78 bits per heavy atom. The Bertz CT molecular complexity index is 539. The normalized spacial score (nSPS) is 17.6. The zero-order chi connectivity index (χ0) is 13.3. The summed E-state index contributed by atoms with van der Waals surface area (Å²) in [5, 5.41) is 13.9. The molecule has 94 valence electrons. The lowest BCUT2D eigenvalue weighted by Gasteiger charge is -2.23. The van der Waals surface area contributed by atoms with Gasteiger partial charge in [0.05, 0.1) is 0 Å². The van der Waals surface area contributed by atoms with E-state index in [9.17, 15) is 14.4 Å². The number of hydrogen-bond acceptors (Lipinski definition) is 3. The first-order valence-corrected chi connectivity index (χ1v) is 5.41. The summed E-state index contributed by atoms with van der Waals surface area (Å²) in [6, 6.07) is 3.97. The summed E-state index contributed by atoms with van der Waals surface area (Å²) in [6.07, 6.45) is 0.247. The number of carbonyl (C=O) groups is 3. The lowest BCUT2D eigenvalue weighted by atomic mass is 9.95. The molecular weight excluding hydrogens is 236 g/mol. The Balaban J connectivity index is 2.32. The number of anilines is 1. The summed E-state index contributed by atoms with van der Waals surface area (Å²) in [5.41, 5.74) is 1.59. The van der Waals surface area contributed by atoms with Gasteiger partial charge in [0.2, 0.25) is 5.91 Å². The van der Waals surface area contributed by atoms with Gasteiger partial charge in [0.1, 0.15) is 6.04 Å². The first-order chi connectivity index (χ1) is 8.47. The summed E-state index contributed by atoms with van der Waals surface area (Å²) in [7, 11) is 0. The van der Waals surface area contributed by atoms with E-state index in [1.165, 1.54) is 6.92 Å². The summed E-state index contributed by atoms with van der Waals surface area (Å²) >= 11 is 0. The van der Waals surface area contributed by atoms with Gasteiger partial charge in [0, 0.05) is 24.6 Å². The molecule has 0 saturated carbocycles. The molecule has 1 aliphatic rings. The maximum absolute atomic E-state index is 11.8. The van der Waals surface area contributed by atoms with Crippen LogP contribution in [0.1, 0.15) is 22.8 Å². The minimum absolute atomic E-state index is 0.227. The van der Waals surface area contributed by atoms with Crippen molar-refractivity contribution in [2.45, 2.75) is 19.4 Å². The van der Waals surface area contributed by atoms with Crippen LogP contribution in [0.5, 0.6) is 0 Å². The molecule has 18 heavy (non-hydrogen) atoms. The predicted octanol–water partition coefficient (Wildman–Crippen LogP) is 0.384. The average molecular weight is 248 g/mol. The van der Waals surface area contributed by atoms with Crippen LogP contribution in [0.25, 0.3) is 0 Å². The van der Waals surface area contributed by atoms with Gasteiger partial charge >= 0.3 is 5.97 Å². The van der Waals surface area contributed by atoms with E-state index in [0.29, 0.717) is 16.8 Å². The number of hydrogen-bond donors (Lipinski definition) is 3. The van der Waals surface area contributed by atoms with Crippen LogP contribution < -0.4 is 10.6 Å². The highest BCUT2D eigenvalue weighted by molar-refractivity contribution is 6.01. The zero-order valence-corrected chi connectivity index (χ0v) is 9.69. The molecule has 0 saturated heterocycles. The lowest BCUT2D eigenvalue weighted by molar-refractivity contribution is -0.139. The highest BCUT2D eigenvalue weighted by Gasteiger charge is 2.28. The van der Waals surface area contributed by atoms with Crippen molar-refractivity contribution >= 4 is 23.5 Å². The van der Waals surface area contributed by atoms with Crippen molar-refractivity contribution in [3.8, 4) is 0 Å². The van der Waals surface area contributed by atoms with Crippen LogP contribution in [-0.2, 0) is 16.0 Å². The molecule has 0 fully saturated rings. The van der Waals surface area contributed by atoms with E-state index in [0.717, 1.165) is 0 Å². The van der Waals surface area contributed by atoms with Crippen molar-refractivity contribution in [3.05, 3.63) is 29.3 Å². The first kappa shape index (κ1) is 12.1. The van der Waals surface area contributed by atoms with Crippen molar-refractivity contribution < 1.29 is 19.5 Å². The second-order valence-corrected chi connectivity index (χ2v) is 4.12. The number of benzene rings is 1. The van der Waals surface area contributed by atoms with Crippen molar-refractivity contribution in [1.82, 2.24) is 5.32 Å². The number of carboxylic acid groups (broad SMARTS) is 1. The van der Waals surface area contributed by atoms with Crippen molar-refractivity contribution in [1.29, 1.82) is 0 Å². The van der Waals surface area contributed by atoms with Gasteiger partial charge in [0.25, 0.3) is 5.91 Å². The second-order valence-electron chi connectivity index (χ2n) is 4.12. The number of amides is 2. The first-order valence-electron chi connectivity index (χ1n) is 5.41. The fraction of sp³-hybridized carbons (Fsp3) is 0.250. The van der Waals surface area contributed by atoms with Gasteiger partial charge in [-0.25, -0.2) is 4.79 Å². The zero-order valence-electron chi connectivity index (χ0n) is 9.69. The van der Waals surface area contributed by atoms with Crippen LogP contribution >= 0.6 is 0 Å². The number of aliphatic carboxylic acids is 1. The molecule has 1 heterocycles. The summed E-state index contributed by atoms with van der Waals surface area (Å²) in [4.78, 5) is 33.5. The average Bonchev–Trinajstić information content (AvgIpc) is 2.28. The van der Waals surface area contributed by atoms with E-state index >= 15 is 0 Å². The third-order valence-electron chi connectivity index (χ3n) is 2.70. The number of rotatable bonds is 2. The largest absolute Gasteiger partial charge is 0.480 e. The van der Waals surface area contributed by atoms with E-state index in [1.54, 1.807) is 18.2 Å². The number of carboxylic acids is 1. The molecule has 0 spiro atoms. The molecule has 2 rings (SSSR count). The summed E-state index contributed by atoms with van der Waals surface area (Å²) in [6.45, 7) is 1.37. The quantitative estimate of drug-likeness (QED) is 0.705. The van der Waals surface area contributed by atoms with Crippen LogP contribution in [-0.4, -0.2) is 28.9 Å². The second kappa shape index (κ2) is 4.48. The standard InChI is InChI=1S/C12H12N2O4/c1-6(15)13-8-3-2-7-4-10(12(17)18)14-11(16)9(7)5-8/h2-3,5,10H,4H2,1H3,(H,13,15)(H,14,16)(H,17,18)/t10-/m0/s1. The molecule has 0 radical (unpaired) electrons. The maximum atomic E-state index is 11.8. The van der Waals surface area contributed by atoms with Crippen LogP contribution in [0.2, 0.25) is 0 Å².